The molecule has 0 radical (unpaired) electrons. The SMILES string of the molecule is COC(=O)c1c(NC(=O)CCC(=O)O)sc2c1CCCCCCCCCC2. The van der Waals surface area contributed by atoms with Crippen molar-refractivity contribution in [3.8, 4) is 0 Å². The first-order valence-electron chi connectivity index (χ1n) is 9.77. The smallest absolute Gasteiger partial charge is 0.341 e. The van der Waals surface area contributed by atoms with Crippen molar-refractivity contribution in [3.05, 3.63) is 16.0 Å². The van der Waals surface area contributed by atoms with Crippen molar-refractivity contribution in [3.63, 3.8) is 0 Å². The van der Waals surface area contributed by atoms with E-state index in [1.54, 1.807) is 0 Å². The van der Waals surface area contributed by atoms with Crippen molar-refractivity contribution in [2.24, 2.45) is 0 Å². The molecular weight excluding hydrogens is 366 g/mol. The molecule has 2 rings (SSSR count). The van der Waals surface area contributed by atoms with Crippen LogP contribution >= 0.6 is 11.3 Å². The van der Waals surface area contributed by atoms with E-state index in [2.05, 4.69) is 5.32 Å². The van der Waals surface area contributed by atoms with E-state index < -0.39 is 11.9 Å². The summed E-state index contributed by atoms with van der Waals surface area (Å²) < 4.78 is 4.98. The number of amides is 1. The van der Waals surface area contributed by atoms with Crippen molar-refractivity contribution < 1.29 is 24.2 Å². The van der Waals surface area contributed by atoms with E-state index in [1.807, 2.05) is 0 Å². The summed E-state index contributed by atoms with van der Waals surface area (Å²) in [5.74, 6) is -1.84. The van der Waals surface area contributed by atoms with Crippen molar-refractivity contribution in [2.75, 3.05) is 12.4 Å². The van der Waals surface area contributed by atoms with Gasteiger partial charge in [0.2, 0.25) is 5.91 Å². The molecule has 0 saturated carbocycles. The molecule has 0 atom stereocenters. The van der Waals surface area contributed by atoms with Crippen LogP contribution in [0.15, 0.2) is 0 Å². The Balaban J connectivity index is 2.26. The monoisotopic (exact) mass is 395 g/mol. The van der Waals surface area contributed by atoms with Crippen LogP contribution in [0.5, 0.6) is 0 Å². The first kappa shape index (κ1) is 21.4. The van der Waals surface area contributed by atoms with Crippen LogP contribution in [-0.4, -0.2) is 30.1 Å². The number of anilines is 1. The maximum Gasteiger partial charge on any atom is 0.341 e. The van der Waals surface area contributed by atoms with E-state index in [1.165, 1.54) is 50.6 Å². The summed E-state index contributed by atoms with van der Waals surface area (Å²) in [6.07, 6.45) is 10.8. The summed E-state index contributed by atoms with van der Waals surface area (Å²) in [5.41, 5.74) is 1.46. The van der Waals surface area contributed by atoms with Crippen LogP contribution in [0.3, 0.4) is 0 Å². The molecule has 1 aliphatic rings. The summed E-state index contributed by atoms with van der Waals surface area (Å²) in [6.45, 7) is 0. The first-order chi connectivity index (χ1) is 13.0. The Bertz CT molecular complexity index is 668. The molecule has 27 heavy (non-hydrogen) atoms. The molecule has 0 aromatic carbocycles. The van der Waals surface area contributed by atoms with Gasteiger partial charge >= 0.3 is 11.9 Å². The Morgan fingerprint density at radius 3 is 2.15 bits per heavy atom. The predicted octanol–water partition coefficient (Wildman–Crippen LogP) is 4.56. The number of esters is 1. The zero-order valence-corrected chi connectivity index (χ0v) is 16.8. The fourth-order valence-electron chi connectivity index (χ4n) is 3.44. The van der Waals surface area contributed by atoms with Crippen LogP contribution in [0.25, 0.3) is 0 Å². The Kier molecular flexibility index (Phi) is 8.78. The quantitative estimate of drug-likeness (QED) is 0.713. The van der Waals surface area contributed by atoms with Crippen LogP contribution in [0.2, 0.25) is 0 Å². The topological polar surface area (TPSA) is 92.7 Å². The Hall–Kier alpha value is -1.89. The minimum absolute atomic E-state index is 0.113. The summed E-state index contributed by atoms with van der Waals surface area (Å²) in [7, 11) is 1.35. The van der Waals surface area contributed by atoms with Crippen molar-refractivity contribution in [2.45, 2.75) is 77.0 Å². The molecule has 1 aromatic heterocycles. The summed E-state index contributed by atoms with van der Waals surface area (Å²) >= 11 is 1.44. The highest BCUT2D eigenvalue weighted by molar-refractivity contribution is 7.17. The highest BCUT2D eigenvalue weighted by Gasteiger charge is 2.25. The van der Waals surface area contributed by atoms with E-state index >= 15 is 0 Å². The van der Waals surface area contributed by atoms with Crippen LogP contribution in [0, 0.1) is 0 Å². The van der Waals surface area contributed by atoms with Crippen molar-refractivity contribution >= 4 is 34.2 Å². The second-order valence-corrected chi connectivity index (χ2v) is 8.08. The number of nitrogens with one attached hydrogen (secondary N) is 1. The molecule has 1 heterocycles. The van der Waals surface area contributed by atoms with Crippen molar-refractivity contribution in [1.82, 2.24) is 0 Å². The molecule has 0 spiro atoms. The van der Waals surface area contributed by atoms with E-state index in [0.29, 0.717) is 10.6 Å². The Morgan fingerprint density at radius 1 is 0.963 bits per heavy atom. The highest BCUT2D eigenvalue weighted by atomic mass is 32.1. The molecular formula is C20H29NO5S. The van der Waals surface area contributed by atoms with Gasteiger partial charge in [0.15, 0.2) is 0 Å². The van der Waals surface area contributed by atoms with Crippen LogP contribution in [0.1, 0.15) is 85.0 Å². The van der Waals surface area contributed by atoms with Gasteiger partial charge in [0.1, 0.15) is 5.00 Å². The summed E-state index contributed by atoms with van der Waals surface area (Å²) in [4.78, 5) is 36.4. The minimum atomic E-state index is -1.02. The third-order valence-corrected chi connectivity index (χ3v) is 6.09. The number of aryl methyl sites for hydroxylation is 1. The van der Waals surface area contributed by atoms with Gasteiger partial charge in [-0.25, -0.2) is 4.79 Å². The van der Waals surface area contributed by atoms with Gasteiger partial charge in [-0.3, -0.25) is 9.59 Å². The number of ether oxygens (including phenoxy) is 1. The van der Waals surface area contributed by atoms with Crippen LogP contribution in [-0.2, 0) is 27.2 Å². The molecule has 0 unspecified atom stereocenters. The lowest BCUT2D eigenvalue weighted by molar-refractivity contribution is -0.138. The number of thiophene rings is 1. The van der Waals surface area contributed by atoms with E-state index in [4.69, 9.17) is 9.84 Å². The number of hydrogen-bond donors (Lipinski definition) is 2. The van der Waals surface area contributed by atoms with E-state index in [0.717, 1.165) is 42.5 Å². The number of carbonyl (C=O) groups excluding carboxylic acids is 2. The lowest BCUT2D eigenvalue weighted by Gasteiger charge is -2.10. The molecule has 7 heteroatoms. The minimum Gasteiger partial charge on any atom is -0.481 e. The molecule has 0 saturated heterocycles. The van der Waals surface area contributed by atoms with Gasteiger partial charge in [0.25, 0.3) is 0 Å². The second-order valence-electron chi connectivity index (χ2n) is 6.97. The number of aliphatic carboxylic acids is 1. The molecule has 1 aromatic rings. The second kappa shape index (κ2) is 11.1. The largest absolute Gasteiger partial charge is 0.481 e. The van der Waals surface area contributed by atoms with Gasteiger partial charge in [0, 0.05) is 11.3 Å². The number of fused-ring (bicyclic) bond motifs is 1. The molecule has 2 N–H and O–H groups in total. The van der Waals surface area contributed by atoms with Gasteiger partial charge in [-0.1, -0.05) is 38.5 Å². The third-order valence-electron chi connectivity index (χ3n) is 4.88. The number of rotatable bonds is 5. The van der Waals surface area contributed by atoms with E-state index in [-0.39, 0.29) is 18.7 Å². The van der Waals surface area contributed by atoms with Crippen LogP contribution < -0.4 is 5.32 Å². The molecule has 1 amide bonds. The fraction of sp³-hybridized carbons (Fsp3) is 0.650. The standard InChI is InChI=1S/C20H29NO5S/c1-26-20(25)18-14-10-8-6-4-2-3-5-7-9-11-15(14)27-19(18)21-16(22)12-13-17(23)24/h2-13H2,1H3,(H,21,22)(H,23,24). The normalized spacial score (nSPS) is 15.7. The third kappa shape index (κ3) is 6.65. The average molecular weight is 396 g/mol. The number of methoxy groups -OCH3 is 1. The number of hydrogen-bond acceptors (Lipinski definition) is 5. The lowest BCUT2D eigenvalue weighted by atomic mass is 9.97. The first-order valence-corrected chi connectivity index (χ1v) is 10.6. The molecule has 0 fully saturated rings. The number of carboxylic acid groups (broad SMARTS) is 1. The maximum atomic E-state index is 12.4. The molecule has 1 aliphatic carbocycles. The van der Waals surface area contributed by atoms with Gasteiger partial charge in [0.05, 0.1) is 19.1 Å². The number of carboxylic acids is 1. The Morgan fingerprint density at radius 2 is 1.56 bits per heavy atom. The van der Waals surface area contributed by atoms with Gasteiger partial charge in [-0.05, 0) is 31.2 Å². The van der Waals surface area contributed by atoms with Gasteiger partial charge in [-0.15, -0.1) is 11.3 Å². The van der Waals surface area contributed by atoms with Gasteiger partial charge < -0.3 is 15.2 Å². The number of carbonyl (C=O) groups is 3. The molecule has 0 bridgehead atoms. The average Bonchev–Trinajstić information content (AvgIpc) is 2.96. The van der Waals surface area contributed by atoms with Crippen molar-refractivity contribution in [1.29, 1.82) is 0 Å². The van der Waals surface area contributed by atoms with Crippen LogP contribution in [0.4, 0.5) is 5.00 Å². The summed E-state index contributed by atoms with van der Waals surface area (Å²) in [6, 6.07) is 0. The molecule has 0 aliphatic heterocycles. The Labute approximate surface area is 164 Å². The molecule has 6 nitrogen and oxygen atoms in total. The predicted molar refractivity (Wildman–Crippen MR) is 106 cm³/mol. The van der Waals surface area contributed by atoms with E-state index in [9.17, 15) is 14.4 Å². The van der Waals surface area contributed by atoms with Gasteiger partial charge in [-0.2, -0.15) is 0 Å². The fourth-order valence-corrected chi connectivity index (χ4v) is 4.74. The molecule has 150 valence electrons. The zero-order valence-electron chi connectivity index (χ0n) is 16.0. The zero-order chi connectivity index (χ0) is 19.6. The summed E-state index contributed by atoms with van der Waals surface area (Å²) in [5, 5.41) is 12.0. The highest BCUT2D eigenvalue weighted by Crippen LogP contribution is 2.37. The lowest BCUT2D eigenvalue weighted by Crippen LogP contribution is -2.15. The maximum absolute atomic E-state index is 12.4.